The number of hydrogen-bond acceptors (Lipinski definition) is 3. The minimum atomic E-state index is -0.376. The molecule has 2 saturated heterocycles. The first-order valence-electron chi connectivity index (χ1n) is 7.86. The van der Waals surface area contributed by atoms with Crippen molar-refractivity contribution in [3.63, 3.8) is 0 Å². The molecule has 1 aromatic rings. The van der Waals surface area contributed by atoms with Crippen molar-refractivity contribution in [2.24, 2.45) is 5.92 Å². The number of benzene rings is 1. The molecule has 2 heterocycles. The summed E-state index contributed by atoms with van der Waals surface area (Å²) >= 11 is 0. The number of rotatable bonds is 4. The van der Waals surface area contributed by atoms with Gasteiger partial charge in [0.05, 0.1) is 12.5 Å². The number of likely N-dealkylation sites (tertiary alicyclic amines) is 1. The van der Waals surface area contributed by atoms with E-state index >= 15 is 0 Å². The molecule has 0 aromatic heterocycles. The standard InChI is InChI=1S/C17H22N2O3/c1-12-2-4-13(5-3-12)10-19-8-6-15(17(19)21)18-16(20)14-7-9-22-11-14/h2-5,14-15H,6-11H2,1H3,(H,18,20)/t14-,15-/m0/s1. The second kappa shape index (κ2) is 6.48. The first-order chi connectivity index (χ1) is 10.6. The van der Waals surface area contributed by atoms with E-state index in [1.54, 1.807) is 0 Å². The van der Waals surface area contributed by atoms with Gasteiger partial charge in [-0.25, -0.2) is 0 Å². The van der Waals surface area contributed by atoms with E-state index in [1.165, 1.54) is 5.56 Å². The molecular formula is C17H22N2O3. The van der Waals surface area contributed by atoms with Crippen LogP contribution >= 0.6 is 0 Å². The second-order valence-corrected chi connectivity index (χ2v) is 6.16. The molecule has 1 aromatic carbocycles. The van der Waals surface area contributed by atoms with Gasteiger partial charge in [0.1, 0.15) is 6.04 Å². The van der Waals surface area contributed by atoms with Crippen LogP contribution in [0.25, 0.3) is 0 Å². The third kappa shape index (κ3) is 3.30. The van der Waals surface area contributed by atoms with Crippen LogP contribution in [0.5, 0.6) is 0 Å². The average Bonchev–Trinajstić information content (AvgIpc) is 3.15. The van der Waals surface area contributed by atoms with Gasteiger partial charge in [-0.15, -0.1) is 0 Å². The number of ether oxygens (including phenoxy) is 1. The summed E-state index contributed by atoms with van der Waals surface area (Å²) in [6, 6.07) is 7.82. The van der Waals surface area contributed by atoms with E-state index in [-0.39, 0.29) is 23.8 Å². The predicted molar refractivity (Wildman–Crippen MR) is 82.1 cm³/mol. The van der Waals surface area contributed by atoms with E-state index in [0.29, 0.717) is 32.7 Å². The molecule has 2 aliphatic heterocycles. The Kier molecular flexibility index (Phi) is 4.43. The third-order valence-corrected chi connectivity index (χ3v) is 4.41. The Balaban J connectivity index is 1.55. The molecule has 3 rings (SSSR count). The van der Waals surface area contributed by atoms with Crippen LogP contribution in [0.15, 0.2) is 24.3 Å². The fourth-order valence-corrected chi connectivity index (χ4v) is 2.97. The largest absolute Gasteiger partial charge is 0.381 e. The molecule has 5 nitrogen and oxygen atoms in total. The Hall–Kier alpha value is -1.88. The lowest BCUT2D eigenvalue weighted by atomic mass is 10.1. The Morgan fingerprint density at radius 1 is 1.32 bits per heavy atom. The molecule has 2 aliphatic rings. The van der Waals surface area contributed by atoms with Gasteiger partial charge in [-0.1, -0.05) is 29.8 Å². The van der Waals surface area contributed by atoms with Gasteiger partial charge < -0.3 is 15.0 Å². The first-order valence-corrected chi connectivity index (χ1v) is 7.86. The number of nitrogens with one attached hydrogen (secondary N) is 1. The van der Waals surface area contributed by atoms with Crippen LogP contribution in [0.1, 0.15) is 24.0 Å². The van der Waals surface area contributed by atoms with Gasteiger partial charge in [-0.3, -0.25) is 9.59 Å². The quantitative estimate of drug-likeness (QED) is 0.910. The molecule has 2 amide bonds. The van der Waals surface area contributed by atoms with Crippen molar-refractivity contribution in [3.8, 4) is 0 Å². The zero-order valence-electron chi connectivity index (χ0n) is 12.9. The van der Waals surface area contributed by atoms with Gasteiger partial charge in [-0.05, 0) is 25.3 Å². The summed E-state index contributed by atoms with van der Waals surface area (Å²) < 4.78 is 5.22. The van der Waals surface area contributed by atoms with E-state index in [1.807, 2.05) is 24.0 Å². The molecule has 2 atom stereocenters. The summed E-state index contributed by atoms with van der Waals surface area (Å²) in [5.74, 6) is -0.125. The maximum Gasteiger partial charge on any atom is 0.245 e. The highest BCUT2D eigenvalue weighted by atomic mass is 16.5. The highest BCUT2D eigenvalue weighted by Crippen LogP contribution is 2.18. The van der Waals surface area contributed by atoms with Crippen molar-refractivity contribution in [1.29, 1.82) is 0 Å². The number of carbonyl (C=O) groups excluding carboxylic acids is 2. The fourth-order valence-electron chi connectivity index (χ4n) is 2.97. The predicted octanol–water partition coefficient (Wildman–Crippen LogP) is 1.25. The van der Waals surface area contributed by atoms with E-state index < -0.39 is 0 Å². The van der Waals surface area contributed by atoms with Crippen molar-refractivity contribution in [3.05, 3.63) is 35.4 Å². The van der Waals surface area contributed by atoms with Crippen molar-refractivity contribution < 1.29 is 14.3 Å². The summed E-state index contributed by atoms with van der Waals surface area (Å²) in [6.07, 6.45) is 1.43. The summed E-state index contributed by atoms with van der Waals surface area (Å²) in [7, 11) is 0. The third-order valence-electron chi connectivity index (χ3n) is 4.41. The maximum atomic E-state index is 12.4. The van der Waals surface area contributed by atoms with Crippen molar-refractivity contribution in [1.82, 2.24) is 10.2 Å². The molecule has 0 radical (unpaired) electrons. The van der Waals surface area contributed by atoms with Gasteiger partial charge in [-0.2, -0.15) is 0 Å². The maximum absolute atomic E-state index is 12.4. The lowest BCUT2D eigenvalue weighted by Gasteiger charge is -2.18. The Morgan fingerprint density at radius 2 is 2.09 bits per heavy atom. The average molecular weight is 302 g/mol. The summed E-state index contributed by atoms with van der Waals surface area (Å²) in [5, 5.41) is 2.89. The van der Waals surface area contributed by atoms with Crippen LogP contribution in [0, 0.1) is 12.8 Å². The zero-order chi connectivity index (χ0) is 15.5. The molecule has 2 fully saturated rings. The van der Waals surface area contributed by atoms with E-state index in [2.05, 4.69) is 17.4 Å². The van der Waals surface area contributed by atoms with Crippen molar-refractivity contribution >= 4 is 11.8 Å². The number of amides is 2. The summed E-state index contributed by atoms with van der Waals surface area (Å²) in [4.78, 5) is 26.3. The van der Waals surface area contributed by atoms with Crippen LogP contribution in [0.3, 0.4) is 0 Å². The van der Waals surface area contributed by atoms with E-state index in [9.17, 15) is 9.59 Å². The van der Waals surface area contributed by atoms with Gasteiger partial charge in [0, 0.05) is 19.7 Å². The minimum absolute atomic E-state index is 0.0211. The van der Waals surface area contributed by atoms with E-state index in [4.69, 9.17) is 4.74 Å². The molecule has 0 unspecified atom stereocenters. The lowest BCUT2D eigenvalue weighted by Crippen LogP contribution is -2.44. The van der Waals surface area contributed by atoms with E-state index in [0.717, 1.165) is 12.0 Å². The minimum Gasteiger partial charge on any atom is -0.381 e. The molecular weight excluding hydrogens is 280 g/mol. The van der Waals surface area contributed by atoms with Crippen molar-refractivity contribution in [2.45, 2.75) is 32.4 Å². The number of carbonyl (C=O) groups is 2. The van der Waals surface area contributed by atoms with Crippen molar-refractivity contribution in [2.75, 3.05) is 19.8 Å². The number of aryl methyl sites for hydroxylation is 1. The van der Waals surface area contributed by atoms with Gasteiger partial charge >= 0.3 is 0 Å². The number of hydrogen-bond donors (Lipinski definition) is 1. The molecule has 0 bridgehead atoms. The molecule has 1 N–H and O–H groups in total. The molecule has 118 valence electrons. The molecule has 0 aliphatic carbocycles. The smallest absolute Gasteiger partial charge is 0.245 e. The van der Waals surface area contributed by atoms with Gasteiger partial charge in [0.15, 0.2) is 0 Å². The SMILES string of the molecule is Cc1ccc(CN2CC[C@H](NC(=O)[C@H]3CCOC3)C2=O)cc1. The Morgan fingerprint density at radius 3 is 2.77 bits per heavy atom. The summed E-state index contributed by atoms with van der Waals surface area (Å²) in [5.41, 5.74) is 2.33. The monoisotopic (exact) mass is 302 g/mol. The molecule has 22 heavy (non-hydrogen) atoms. The molecule has 0 saturated carbocycles. The van der Waals surface area contributed by atoms with Crippen LogP contribution in [0.4, 0.5) is 0 Å². The Labute approximate surface area is 130 Å². The number of nitrogens with zero attached hydrogens (tertiary/aromatic N) is 1. The fraction of sp³-hybridized carbons (Fsp3) is 0.529. The topological polar surface area (TPSA) is 58.6 Å². The second-order valence-electron chi connectivity index (χ2n) is 6.16. The van der Waals surface area contributed by atoms with Gasteiger partial charge in [0.2, 0.25) is 11.8 Å². The molecule has 5 heteroatoms. The Bertz CT molecular complexity index is 550. The lowest BCUT2D eigenvalue weighted by molar-refractivity contribution is -0.134. The van der Waals surface area contributed by atoms with Crippen LogP contribution < -0.4 is 5.32 Å². The highest BCUT2D eigenvalue weighted by Gasteiger charge is 2.34. The van der Waals surface area contributed by atoms with Gasteiger partial charge in [0.25, 0.3) is 0 Å². The molecule has 0 spiro atoms. The summed E-state index contributed by atoms with van der Waals surface area (Å²) in [6.45, 7) is 4.45. The highest BCUT2D eigenvalue weighted by molar-refractivity contribution is 5.90. The normalized spacial score (nSPS) is 24.8. The van der Waals surface area contributed by atoms with Crippen LogP contribution in [0.2, 0.25) is 0 Å². The first kappa shape index (κ1) is 15.0. The zero-order valence-corrected chi connectivity index (χ0v) is 12.9. The van der Waals surface area contributed by atoms with Crippen LogP contribution in [-0.4, -0.2) is 42.5 Å². The van der Waals surface area contributed by atoms with Crippen LogP contribution in [-0.2, 0) is 20.9 Å².